The topological polar surface area (TPSA) is 29.5 Å². The molecule has 2 aliphatic rings. The van der Waals surface area contributed by atoms with E-state index in [9.17, 15) is 5.11 Å². The Morgan fingerprint density at radius 1 is 1.22 bits per heavy atom. The second-order valence-corrected chi connectivity index (χ2v) is 8.34. The summed E-state index contributed by atoms with van der Waals surface area (Å²) in [4.78, 5) is 0. The molecular weight excluding hydrogens is 284 g/mol. The Morgan fingerprint density at radius 2 is 2.00 bits per heavy atom. The van der Waals surface area contributed by atoms with Crippen LogP contribution >= 0.6 is 0 Å². The van der Waals surface area contributed by atoms with Gasteiger partial charge in [0.2, 0.25) is 0 Å². The lowest BCUT2D eigenvalue weighted by molar-refractivity contribution is 0.0103. The second kappa shape index (κ2) is 6.37. The van der Waals surface area contributed by atoms with E-state index in [-0.39, 0.29) is 5.41 Å². The van der Waals surface area contributed by atoms with E-state index in [1.807, 2.05) is 12.1 Å². The van der Waals surface area contributed by atoms with Crippen LogP contribution in [0, 0.1) is 11.8 Å². The number of aromatic hydroxyl groups is 1. The second-order valence-electron chi connectivity index (χ2n) is 8.34. The highest BCUT2D eigenvalue weighted by molar-refractivity contribution is 5.52. The summed E-state index contributed by atoms with van der Waals surface area (Å²) in [6.07, 6.45) is 8.73. The van der Waals surface area contributed by atoms with Crippen molar-refractivity contribution in [2.45, 2.75) is 84.2 Å². The molecule has 3 unspecified atom stereocenters. The minimum atomic E-state index is 0.133. The predicted octanol–water partition coefficient (Wildman–Crippen LogP) is 5.60. The number of aryl methyl sites for hydroxylation is 1. The van der Waals surface area contributed by atoms with Gasteiger partial charge < -0.3 is 9.84 Å². The molecule has 2 heteroatoms. The molecule has 3 atom stereocenters. The number of phenols is 1. The van der Waals surface area contributed by atoms with Gasteiger partial charge in [-0.25, -0.2) is 0 Å². The van der Waals surface area contributed by atoms with Gasteiger partial charge in [-0.1, -0.05) is 47.0 Å². The molecule has 1 aromatic carbocycles. The largest absolute Gasteiger partial charge is 0.508 e. The Balaban J connectivity index is 1.99. The first-order chi connectivity index (χ1) is 10.9. The van der Waals surface area contributed by atoms with Gasteiger partial charge in [-0.3, -0.25) is 0 Å². The first kappa shape index (κ1) is 16.7. The first-order valence-electron chi connectivity index (χ1n) is 9.46. The normalized spacial score (nSPS) is 28.6. The molecule has 0 aromatic heterocycles. The molecule has 2 nitrogen and oxygen atoms in total. The summed E-state index contributed by atoms with van der Waals surface area (Å²) in [6, 6.07) is 3.82. The predicted molar refractivity (Wildman–Crippen MR) is 95.3 cm³/mol. The van der Waals surface area contributed by atoms with Crippen LogP contribution in [0.4, 0.5) is 0 Å². The number of hydrogen-bond acceptors (Lipinski definition) is 2. The minimum absolute atomic E-state index is 0.133. The molecule has 1 aliphatic carbocycles. The van der Waals surface area contributed by atoms with Crippen molar-refractivity contribution in [1.82, 2.24) is 0 Å². The fourth-order valence-corrected chi connectivity index (χ4v) is 4.88. The zero-order valence-corrected chi connectivity index (χ0v) is 15.2. The number of phenolic OH excluding ortho intramolecular Hbond substituents is 1. The Bertz CT molecular complexity index is 544. The molecule has 0 radical (unpaired) electrons. The number of rotatable bonds is 4. The van der Waals surface area contributed by atoms with Gasteiger partial charge in [0.25, 0.3) is 0 Å². The van der Waals surface area contributed by atoms with Crippen LogP contribution in [-0.2, 0) is 11.8 Å². The Labute approximate surface area is 141 Å². The minimum Gasteiger partial charge on any atom is -0.508 e. The average molecular weight is 316 g/mol. The molecular formula is C21H32O2. The van der Waals surface area contributed by atoms with Crippen molar-refractivity contribution in [2.75, 3.05) is 0 Å². The van der Waals surface area contributed by atoms with Gasteiger partial charge in [-0.2, -0.15) is 0 Å². The summed E-state index contributed by atoms with van der Waals surface area (Å²) in [5.41, 5.74) is 2.80. The summed E-state index contributed by atoms with van der Waals surface area (Å²) in [7, 11) is 0. The van der Waals surface area contributed by atoms with Gasteiger partial charge in [0, 0.05) is 17.5 Å². The molecule has 1 fully saturated rings. The van der Waals surface area contributed by atoms with Crippen molar-refractivity contribution in [3.8, 4) is 11.5 Å². The molecule has 3 rings (SSSR count). The maximum absolute atomic E-state index is 10.2. The number of fused-ring (bicyclic) bond motifs is 2. The van der Waals surface area contributed by atoms with Gasteiger partial charge in [0.1, 0.15) is 17.6 Å². The van der Waals surface area contributed by atoms with Crippen molar-refractivity contribution in [2.24, 2.45) is 11.8 Å². The SMILES string of the molecule is CCCCCc1cc(O)cc2c1C(C)(C)C1CCC(C)CC1O2. The monoisotopic (exact) mass is 316 g/mol. The lowest BCUT2D eigenvalue weighted by Crippen LogP contribution is -2.48. The fraction of sp³-hybridized carbons (Fsp3) is 0.714. The number of ether oxygens (including phenoxy) is 1. The number of hydrogen-bond donors (Lipinski definition) is 1. The van der Waals surface area contributed by atoms with Crippen LogP contribution in [0.15, 0.2) is 12.1 Å². The van der Waals surface area contributed by atoms with Crippen LogP contribution in [0.2, 0.25) is 0 Å². The quantitative estimate of drug-likeness (QED) is 0.733. The molecule has 1 aliphatic heterocycles. The van der Waals surface area contributed by atoms with E-state index < -0.39 is 0 Å². The zero-order valence-electron chi connectivity index (χ0n) is 15.2. The first-order valence-corrected chi connectivity index (χ1v) is 9.46. The smallest absolute Gasteiger partial charge is 0.127 e. The highest BCUT2D eigenvalue weighted by Gasteiger charge is 2.47. The highest BCUT2D eigenvalue weighted by atomic mass is 16.5. The van der Waals surface area contributed by atoms with Gasteiger partial charge in [0.05, 0.1) is 0 Å². The van der Waals surface area contributed by atoms with Crippen LogP contribution in [0.1, 0.15) is 77.3 Å². The average Bonchev–Trinajstić information content (AvgIpc) is 2.45. The van der Waals surface area contributed by atoms with E-state index in [1.54, 1.807) is 0 Å². The summed E-state index contributed by atoms with van der Waals surface area (Å²) < 4.78 is 6.41. The van der Waals surface area contributed by atoms with Gasteiger partial charge >= 0.3 is 0 Å². The van der Waals surface area contributed by atoms with Crippen LogP contribution in [0.25, 0.3) is 0 Å². The highest BCUT2D eigenvalue weighted by Crippen LogP contribution is 2.52. The lowest BCUT2D eigenvalue weighted by atomic mass is 9.62. The van der Waals surface area contributed by atoms with Crippen LogP contribution < -0.4 is 4.74 Å². The Morgan fingerprint density at radius 3 is 2.74 bits per heavy atom. The van der Waals surface area contributed by atoms with E-state index in [1.165, 1.54) is 43.2 Å². The fourth-order valence-electron chi connectivity index (χ4n) is 4.88. The maximum atomic E-state index is 10.2. The van der Waals surface area contributed by atoms with Gasteiger partial charge in [-0.05, 0) is 48.6 Å². The van der Waals surface area contributed by atoms with Crippen LogP contribution in [0.3, 0.4) is 0 Å². The third kappa shape index (κ3) is 3.09. The Kier molecular flexibility index (Phi) is 4.62. The molecule has 128 valence electrons. The number of benzene rings is 1. The van der Waals surface area contributed by atoms with Crippen LogP contribution in [-0.4, -0.2) is 11.2 Å². The van der Waals surface area contributed by atoms with E-state index in [0.29, 0.717) is 17.8 Å². The van der Waals surface area contributed by atoms with E-state index in [4.69, 9.17) is 4.74 Å². The summed E-state index contributed by atoms with van der Waals surface area (Å²) >= 11 is 0. The molecule has 0 saturated heterocycles. The third-order valence-corrected chi connectivity index (χ3v) is 6.12. The Hall–Kier alpha value is -1.18. The molecule has 1 aromatic rings. The summed E-state index contributed by atoms with van der Waals surface area (Å²) in [5.74, 6) is 2.64. The molecule has 0 bridgehead atoms. The van der Waals surface area contributed by atoms with Gasteiger partial charge in [0.15, 0.2) is 0 Å². The van der Waals surface area contributed by atoms with E-state index in [2.05, 4.69) is 27.7 Å². The number of unbranched alkanes of at least 4 members (excludes halogenated alkanes) is 2. The molecule has 1 heterocycles. The maximum Gasteiger partial charge on any atom is 0.127 e. The lowest BCUT2D eigenvalue weighted by Gasteiger charge is -2.49. The van der Waals surface area contributed by atoms with Crippen molar-refractivity contribution in [1.29, 1.82) is 0 Å². The molecule has 0 amide bonds. The summed E-state index contributed by atoms with van der Waals surface area (Å²) in [6.45, 7) is 9.35. The summed E-state index contributed by atoms with van der Waals surface area (Å²) in [5, 5.41) is 10.2. The van der Waals surface area contributed by atoms with Crippen LogP contribution in [0.5, 0.6) is 11.5 Å². The molecule has 0 spiro atoms. The van der Waals surface area contributed by atoms with Crippen molar-refractivity contribution < 1.29 is 9.84 Å². The zero-order chi connectivity index (χ0) is 16.6. The van der Waals surface area contributed by atoms with Crippen molar-refractivity contribution in [3.63, 3.8) is 0 Å². The van der Waals surface area contributed by atoms with E-state index in [0.717, 1.165) is 24.5 Å². The van der Waals surface area contributed by atoms with Crippen molar-refractivity contribution in [3.05, 3.63) is 23.3 Å². The molecule has 1 N–H and O–H groups in total. The standard InChI is InChI=1S/C21H32O2/c1-5-6-7-8-15-12-16(22)13-19-20(15)21(3,4)17-10-9-14(2)11-18(17)23-19/h12-14,17-18,22H,5-11H2,1-4H3. The molecule has 23 heavy (non-hydrogen) atoms. The van der Waals surface area contributed by atoms with E-state index >= 15 is 0 Å². The van der Waals surface area contributed by atoms with Crippen molar-refractivity contribution >= 4 is 0 Å². The third-order valence-electron chi connectivity index (χ3n) is 6.12. The molecule has 1 saturated carbocycles. The van der Waals surface area contributed by atoms with Gasteiger partial charge in [-0.15, -0.1) is 0 Å².